The second kappa shape index (κ2) is 10.5. The normalized spacial score (nSPS) is 16.0. The first-order valence-electron chi connectivity index (χ1n) is 11.5. The average Bonchev–Trinajstić information content (AvgIpc) is 3.30. The number of carbonyl (C=O) groups excluding carboxylic acids is 1. The molecule has 1 aromatic heterocycles. The van der Waals surface area contributed by atoms with E-state index in [0.717, 1.165) is 41.0 Å². The van der Waals surface area contributed by atoms with Crippen molar-refractivity contribution in [3.05, 3.63) is 89.2 Å². The van der Waals surface area contributed by atoms with Crippen molar-refractivity contribution < 1.29 is 13.7 Å². The van der Waals surface area contributed by atoms with Crippen molar-refractivity contribution in [1.29, 1.82) is 0 Å². The lowest BCUT2D eigenvalue weighted by atomic mass is 9.98. The van der Waals surface area contributed by atoms with Gasteiger partial charge in [0.25, 0.3) is 0 Å². The Balaban J connectivity index is 1.21. The number of nitrogens with zero attached hydrogens (tertiary/aromatic N) is 2. The highest BCUT2D eigenvalue weighted by Gasteiger charge is 2.32. The van der Waals surface area contributed by atoms with Crippen molar-refractivity contribution in [2.45, 2.75) is 30.2 Å². The number of halogens is 1. The second-order valence-electron chi connectivity index (χ2n) is 8.33. The van der Waals surface area contributed by atoms with Gasteiger partial charge in [-0.25, -0.2) is 14.0 Å². The number of rotatable bonds is 7. The maximum Gasteiger partial charge on any atom is 0.407 e. The van der Waals surface area contributed by atoms with Gasteiger partial charge in [-0.2, -0.15) is 0 Å². The fraction of sp³-hybridized carbons (Fsp3) is 0.231. The number of hydrogen-bond acceptors (Lipinski definition) is 4. The first-order chi connectivity index (χ1) is 17.1. The number of anilines is 1. The number of imidazole rings is 1. The van der Waals surface area contributed by atoms with E-state index >= 15 is 0 Å². The van der Waals surface area contributed by atoms with Gasteiger partial charge in [0.15, 0.2) is 11.0 Å². The first kappa shape index (κ1) is 23.4. The highest BCUT2D eigenvalue weighted by molar-refractivity contribution is 7.86. The molecule has 7 nitrogen and oxygen atoms in total. The quantitative estimate of drug-likeness (QED) is 0.366. The van der Waals surface area contributed by atoms with Crippen LogP contribution in [0.3, 0.4) is 0 Å². The van der Waals surface area contributed by atoms with Gasteiger partial charge in [0.1, 0.15) is 12.4 Å². The number of amides is 1. The molecule has 2 heterocycles. The van der Waals surface area contributed by atoms with E-state index in [1.807, 2.05) is 52.8 Å². The second-order valence-corrected chi connectivity index (χ2v) is 10.1. The number of nitrogens with one attached hydrogen (secondary N) is 2. The number of benzene rings is 3. The molecule has 1 aliphatic heterocycles. The Hall–Kier alpha value is -3.36. The number of ether oxygens (including phenoxy) is 1. The van der Waals surface area contributed by atoms with Crippen molar-refractivity contribution in [2.75, 3.05) is 17.5 Å². The number of aromatic nitrogens is 2. The van der Waals surface area contributed by atoms with Crippen LogP contribution in [-0.2, 0) is 28.6 Å². The summed E-state index contributed by atoms with van der Waals surface area (Å²) >= 11 is 6.01. The molecule has 0 radical (unpaired) electrons. The average molecular weight is 509 g/mol. The van der Waals surface area contributed by atoms with Crippen molar-refractivity contribution in [3.8, 4) is 0 Å². The third-order valence-electron chi connectivity index (χ3n) is 5.98. The van der Waals surface area contributed by atoms with E-state index in [0.29, 0.717) is 22.9 Å². The molecular weight excluding hydrogens is 484 g/mol. The van der Waals surface area contributed by atoms with E-state index in [1.165, 1.54) is 0 Å². The topological polar surface area (TPSA) is 87.3 Å². The summed E-state index contributed by atoms with van der Waals surface area (Å²) in [5.41, 5.74) is 3.89. The van der Waals surface area contributed by atoms with Crippen molar-refractivity contribution in [1.82, 2.24) is 15.3 Å². The highest BCUT2D eigenvalue weighted by Crippen LogP contribution is 2.34. The molecule has 4 aromatic rings. The molecule has 180 valence electrons. The predicted octanol–water partition coefficient (Wildman–Crippen LogP) is 5.03. The van der Waals surface area contributed by atoms with Crippen LogP contribution >= 0.6 is 11.6 Å². The van der Waals surface area contributed by atoms with Crippen LogP contribution in [0.1, 0.15) is 17.8 Å². The molecule has 0 bridgehead atoms. The van der Waals surface area contributed by atoms with Crippen molar-refractivity contribution in [3.63, 3.8) is 0 Å². The van der Waals surface area contributed by atoms with Gasteiger partial charge in [-0.15, -0.1) is 0 Å². The first-order valence-corrected chi connectivity index (χ1v) is 13.0. The summed E-state index contributed by atoms with van der Waals surface area (Å²) in [5.74, 6) is 0.805. The molecule has 0 fully saturated rings. The third-order valence-corrected chi connectivity index (χ3v) is 7.76. The molecular formula is C26H25ClN4O3S. The van der Waals surface area contributed by atoms with E-state index in [1.54, 1.807) is 24.3 Å². The van der Waals surface area contributed by atoms with E-state index in [-0.39, 0.29) is 12.6 Å². The molecule has 2 unspecified atom stereocenters. The van der Waals surface area contributed by atoms with Crippen LogP contribution in [0.5, 0.6) is 0 Å². The van der Waals surface area contributed by atoms with Crippen molar-refractivity contribution in [2.24, 2.45) is 0 Å². The standard InChI is InChI=1S/C26H25ClN4O3S/c27-19-10-13-21(14-11-19)35(33)31-20(12-9-18-5-1-4-8-24(18)31)17-34-26(32)28-16-15-25-29-22-6-2-3-7-23(22)30-25/h1-8,10-11,13-14,20H,9,12,15-17H2,(H,28,32)(H,29,30). The zero-order valence-corrected chi connectivity index (χ0v) is 20.5. The number of para-hydroxylation sites is 3. The van der Waals surface area contributed by atoms with Gasteiger partial charge in [-0.05, 0) is 60.9 Å². The molecule has 1 amide bonds. The minimum Gasteiger partial charge on any atom is -0.447 e. The number of fused-ring (bicyclic) bond motifs is 2. The predicted molar refractivity (Wildman–Crippen MR) is 138 cm³/mol. The summed E-state index contributed by atoms with van der Waals surface area (Å²) in [4.78, 5) is 20.8. The summed E-state index contributed by atoms with van der Waals surface area (Å²) in [6.45, 7) is 0.525. The molecule has 2 atom stereocenters. The summed E-state index contributed by atoms with van der Waals surface area (Å²) in [5, 5.41) is 3.37. The fourth-order valence-electron chi connectivity index (χ4n) is 4.24. The van der Waals surface area contributed by atoms with Crippen LogP contribution in [0.15, 0.2) is 77.7 Å². The Bertz CT molecular complexity index is 1330. The molecule has 2 N–H and O–H groups in total. The maximum atomic E-state index is 13.6. The third kappa shape index (κ3) is 5.33. The molecule has 9 heteroatoms. The minimum absolute atomic E-state index is 0.129. The van der Waals surface area contributed by atoms with Gasteiger partial charge in [0.05, 0.1) is 27.7 Å². The largest absolute Gasteiger partial charge is 0.447 e. The Morgan fingerprint density at radius 1 is 1.11 bits per heavy atom. The van der Waals surface area contributed by atoms with Gasteiger partial charge >= 0.3 is 6.09 Å². The smallest absolute Gasteiger partial charge is 0.407 e. The van der Waals surface area contributed by atoms with E-state index in [4.69, 9.17) is 16.3 Å². The number of aromatic amines is 1. The van der Waals surface area contributed by atoms with Crippen LogP contribution in [0.2, 0.25) is 5.02 Å². The lowest BCUT2D eigenvalue weighted by molar-refractivity contribution is 0.138. The van der Waals surface area contributed by atoms with E-state index < -0.39 is 17.1 Å². The molecule has 5 rings (SSSR count). The molecule has 1 aliphatic rings. The van der Waals surface area contributed by atoms with Gasteiger partial charge < -0.3 is 15.0 Å². The minimum atomic E-state index is -1.47. The zero-order chi connectivity index (χ0) is 24.2. The van der Waals surface area contributed by atoms with Gasteiger partial charge in [-0.3, -0.25) is 4.31 Å². The lowest BCUT2D eigenvalue weighted by Crippen LogP contribution is -2.44. The fourth-order valence-corrected chi connectivity index (χ4v) is 5.76. The summed E-state index contributed by atoms with van der Waals surface area (Å²) in [6.07, 6.45) is 1.61. The number of alkyl carbamates (subject to hydrolysis) is 1. The lowest BCUT2D eigenvalue weighted by Gasteiger charge is -2.37. The van der Waals surface area contributed by atoms with E-state index in [2.05, 4.69) is 15.3 Å². The Morgan fingerprint density at radius 3 is 2.71 bits per heavy atom. The number of aryl methyl sites for hydroxylation is 1. The monoisotopic (exact) mass is 508 g/mol. The van der Waals surface area contributed by atoms with Crippen molar-refractivity contribution >= 4 is 45.4 Å². The van der Waals surface area contributed by atoms with Crippen LogP contribution in [0.25, 0.3) is 11.0 Å². The number of hydrogen-bond donors (Lipinski definition) is 2. The Labute approximate surface area is 211 Å². The molecule has 0 saturated carbocycles. The molecule has 35 heavy (non-hydrogen) atoms. The summed E-state index contributed by atoms with van der Waals surface area (Å²) in [6, 6.07) is 22.5. The van der Waals surface area contributed by atoms with Crippen LogP contribution in [-0.4, -0.2) is 39.5 Å². The maximum absolute atomic E-state index is 13.6. The Morgan fingerprint density at radius 2 is 1.89 bits per heavy atom. The molecule has 0 saturated heterocycles. The zero-order valence-electron chi connectivity index (χ0n) is 18.9. The summed E-state index contributed by atoms with van der Waals surface area (Å²) < 4.78 is 21.0. The van der Waals surface area contributed by atoms with E-state index in [9.17, 15) is 9.00 Å². The van der Waals surface area contributed by atoms with Crippen LogP contribution in [0.4, 0.5) is 10.5 Å². The van der Waals surface area contributed by atoms with Crippen LogP contribution < -0.4 is 9.62 Å². The SMILES string of the molecule is O=C(NCCc1nc2ccccc2[nH]1)OCC1CCc2ccccc2N1S(=O)c1ccc(Cl)cc1. The molecule has 0 aliphatic carbocycles. The number of H-pyrrole nitrogens is 1. The van der Waals surface area contributed by atoms with Gasteiger partial charge in [0.2, 0.25) is 0 Å². The Kier molecular flexibility index (Phi) is 7.01. The molecule has 3 aromatic carbocycles. The van der Waals surface area contributed by atoms with Crippen LogP contribution in [0, 0.1) is 0 Å². The molecule has 0 spiro atoms. The summed E-state index contributed by atoms with van der Waals surface area (Å²) in [7, 11) is -1.47. The number of carbonyl (C=O) groups is 1. The van der Waals surface area contributed by atoms with Gasteiger partial charge in [-0.1, -0.05) is 41.9 Å². The van der Waals surface area contributed by atoms with Gasteiger partial charge in [0, 0.05) is 18.0 Å². The highest BCUT2D eigenvalue weighted by atomic mass is 35.5.